The Kier molecular flexibility index (Phi) is 7.17. The van der Waals surface area contributed by atoms with Gasteiger partial charge in [0.05, 0.1) is 21.2 Å². The second-order valence-electron chi connectivity index (χ2n) is 8.06. The summed E-state index contributed by atoms with van der Waals surface area (Å²) in [5.41, 5.74) is 3.15. The van der Waals surface area contributed by atoms with Gasteiger partial charge in [0, 0.05) is 34.8 Å². The number of halogens is 1. The minimum atomic E-state index is -1.29. The number of nitrogens with zero attached hydrogens (tertiary/aromatic N) is 2. The Bertz CT molecular complexity index is 1430. The lowest BCUT2D eigenvalue weighted by Crippen LogP contribution is -2.26. The van der Waals surface area contributed by atoms with Crippen LogP contribution < -0.4 is 5.32 Å². The van der Waals surface area contributed by atoms with Gasteiger partial charge in [-0.05, 0) is 38.1 Å². The van der Waals surface area contributed by atoms with Crippen LogP contribution in [0.15, 0.2) is 84.9 Å². The van der Waals surface area contributed by atoms with Crippen LogP contribution in [0.2, 0.25) is 5.02 Å². The van der Waals surface area contributed by atoms with E-state index in [1.165, 1.54) is 12.1 Å². The van der Waals surface area contributed by atoms with Gasteiger partial charge in [-0.3, -0.25) is 14.9 Å². The third kappa shape index (κ3) is 5.13. The van der Waals surface area contributed by atoms with Gasteiger partial charge in [-0.25, -0.2) is 4.79 Å². The summed E-state index contributed by atoms with van der Waals surface area (Å²) in [4.78, 5) is 36.9. The van der Waals surface area contributed by atoms with Crippen LogP contribution in [0.4, 0.5) is 11.4 Å². The van der Waals surface area contributed by atoms with Gasteiger partial charge < -0.3 is 14.6 Å². The van der Waals surface area contributed by atoms with Crippen LogP contribution in [0.3, 0.4) is 0 Å². The van der Waals surface area contributed by atoms with Crippen molar-refractivity contribution in [3.8, 4) is 5.69 Å². The molecule has 0 aliphatic carbocycles. The van der Waals surface area contributed by atoms with Crippen molar-refractivity contribution in [1.82, 2.24) is 4.57 Å². The molecule has 1 amide bonds. The van der Waals surface area contributed by atoms with Crippen LogP contribution in [0.5, 0.6) is 0 Å². The average molecular weight is 504 g/mol. The molecule has 0 spiro atoms. The molecule has 4 aromatic rings. The number of aromatic nitrogens is 1. The summed E-state index contributed by atoms with van der Waals surface area (Å²) in [6.45, 7) is 3.69. The quantitative estimate of drug-likeness (QED) is 0.184. The molecule has 0 fully saturated rings. The van der Waals surface area contributed by atoms with E-state index < -0.39 is 22.9 Å². The van der Waals surface area contributed by atoms with Gasteiger partial charge in [0.25, 0.3) is 11.6 Å². The average Bonchev–Trinajstić information content (AvgIpc) is 3.18. The van der Waals surface area contributed by atoms with Crippen LogP contribution in [0.1, 0.15) is 33.4 Å². The number of nitro groups is 1. The van der Waals surface area contributed by atoms with Crippen molar-refractivity contribution in [2.45, 2.75) is 20.0 Å². The zero-order valence-corrected chi connectivity index (χ0v) is 20.2. The predicted molar refractivity (Wildman–Crippen MR) is 137 cm³/mol. The smallest absolute Gasteiger partial charge is 0.341 e. The van der Waals surface area contributed by atoms with E-state index in [-0.39, 0.29) is 16.4 Å². The number of carbonyl (C=O) groups excluding carboxylic acids is 2. The van der Waals surface area contributed by atoms with Crippen LogP contribution in [-0.2, 0) is 9.53 Å². The highest BCUT2D eigenvalue weighted by Gasteiger charge is 2.28. The lowest BCUT2D eigenvalue weighted by atomic mass is 10.1. The van der Waals surface area contributed by atoms with Crippen molar-refractivity contribution in [2.75, 3.05) is 5.32 Å². The molecule has 1 aromatic heterocycles. The first-order valence-electron chi connectivity index (χ1n) is 11.0. The molecule has 0 aliphatic heterocycles. The number of nitrogens with one attached hydrogen (secondary N) is 1. The van der Waals surface area contributed by atoms with Crippen LogP contribution in [-0.4, -0.2) is 21.4 Å². The maximum atomic E-state index is 13.3. The van der Waals surface area contributed by atoms with E-state index in [0.29, 0.717) is 16.8 Å². The minimum absolute atomic E-state index is 0.0119. The molecule has 1 N–H and O–H groups in total. The van der Waals surface area contributed by atoms with Gasteiger partial charge in [0.2, 0.25) is 6.10 Å². The summed E-state index contributed by atoms with van der Waals surface area (Å²) in [5.74, 6) is -1.31. The van der Waals surface area contributed by atoms with E-state index in [1.54, 1.807) is 36.4 Å². The number of para-hydroxylation sites is 1. The summed E-state index contributed by atoms with van der Waals surface area (Å²) >= 11 is 6.14. The molecule has 0 saturated carbocycles. The van der Waals surface area contributed by atoms with Crippen molar-refractivity contribution in [1.29, 1.82) is 0 Å². The summed E-state index contributed by atoms with van der Waals surface area (Å²) in [5, 5.41) is 13.6. The number of hydrogen-bond donors (Lipinski definition) is 1. The number of nitro benzene ring substituents is 1. The number of ether oxygens (including phenoxy) is 1. The fourth-order valence-corrected chi connectivity index (χ4v) is 4.15. The number of aryl methyl sites for hydroxylation is 1. The Morgan fingerprint density at radius 1 is 0.972 bits per heavy atom. The largest absolute Gasteiger partial charge is 0.444 e. The predicted octanol–water partition coefficient (Wildman–Crippen LogP) is 6.19. The molecule has 0 saturated heterocycles. The van der Waals surface area contributed by atoms with E-state index in [4.69, 9.17) is 16.3 Å². The van der Waals surface area contributed by atoms with E-state index in [1.807, 2.05) is 48.7 Å². The number of esters is 1. The normalized spacial score (nSPS) is 11.5. The first kappa shape index (κ1) is 24.7. The minimum Gasteiger partial charge on any atom is -0.444 e. The molecule has 0 bridgehead atoms. The second-order valence-corrected chi connectivity index (χ2v) is 8.47. The Labute approximate surface area is 212 Å². The molecule has 0 radical (unpaired) electrons. The number of carbonyl (C=O) groups is 2. The molecule has 1 unspecified atom stereocenters. The van der Waals surface area contributed by atoms with Crippen molar-refractivity contribution in [2.24, 2.45) is 0 Å². The number of rotatable bonds is 7. The fraction of sp³-hybridized carbons (Fsp3) is 0.111. The lowest BCUT2D eigenvalue weighted by Gasteiger charge is -2.18. The van der Waals surface area contributed by atoms with E-state index in [0.717, 1.165) is 17.4 Å². The second kappa shape index (κ2) is 10.5. The Morgan fingerprint density at radius 3 is 2.22 bits per heavy atom. The highest BCUT2D eigenvalue weighted by atomic mass is 35.5. The van der Waals surface area contributed by atoms with Gasteiger partial charge in [-0.2, -0.15) is 0 Å². The molecule has 36 heavy (non-hydrogen) atoms. The van der Waals surface area contributed by atoms with Gasteiger partial charge in [-0.1, -0.05) is 60.1 Å². The first-order chi connectivity index (χ1) is 17.3. The Hall–Kier alpha value is -4.43. The van der Waals surface area contributed by atoms with Crippen molar-refractivity contribution in [3.63, 3.8) is 0 Å². The summed E-state index contributed by atoms with van der Waals surface area (Å²) in [6.07, 6.45) is -1.29. The van der Waals surface area contributed by atoms with Crippen molar-refractivity contribution < 1.29 is 19.2 Å². The molecule has 1 heterocycles. The Balaban J connectivity index is 1.63. The van der Waals surface area contributed by atoms with Crippen molar-refractivity contribution >= 4 is 34.9 Å². The molecule has 8 nitrogen and oxygen atoms in total. The van der Waals surface area contributed by atoms with Crippen LogP contribution in [0.25, 0.3) is 5.69 Å². The third-order valence-electron chi connectivity index (χ3n) is 5.65. The van der Waals surface area contributed by atoms with E-state index >= 15 is 0 Å². The maximum absolute atomic E-state index is 13.3. The zero-order chi connectivity index (χ0) is 25.8. The lowest BCUT2D eigenvalue weighted by molar-refractivity contribution is -0.384. The molecule has 3 aromatic carbocycles. The number of amides is 1. The SMILES string of the molecule is Cc1cc(C(=O)OC(C(=O)Nc2ccc([N+](=O)[O-])cc2Cl)c2ccccc2)c(C)n1-c1ccccc1. The zero-order valence-electron chi connectivity index (χ0n) is 19.5. The van der Waals surface area contributed by atoms with Gasteiger partial charge in [0.1, 0.15) is 0 Å². The molecule has 182 valence electrons. The Morgan fingerprint density at radius 2 is 1.61 bits per heavy atom. The molecule has 4 rings (SSSR count). The third-order valence-corrected chi connectivity index (χ3v) is 5.96. The first-order valence-corrected chi connectivity index (χ1v) is 11.4. The van der Waals surface area contributed by atoms with Gasteiger partial charge in [0.15, 0.2) is 0 Å². The van der Waals surface area contributed by atoms with Crippen LogP contribution in [0, 0.1) is 24.0 Å². The highest BCUT2D eigenvalue weighted by molar-refractivity contribution is 6.34. The van der Waals surface area contributed by atoms with E-state index in [9.17, 15) is 19.7 Å². The van der Waals surface area contributed by atoms with E-state index in [2.05, 4.69) is 5.32 Å². The number of hydrogen-bond acceptors (Lipinski definition) is 5. The molecular weight excluding hydrogens is 482 g/mol. The molecule has 9 heteroatoms. The number of anilines is 1. The standard InChI is InChI=1S/C27H22ClN3O5/c1-17-15-22(18(2)30(17)20-11-7-4-8-12-20)27(33)36-25(19-9-5-3-6-10-19)26(32)29-24-14-13-21(31(34)35)16-23(24)28/h3-16,25H,1-2H3,(H,29,32). The highest BCUT2D eigenvalue weighted by Crippen LogP contribution is 2.29. The summed E-state index contributed by atoms with van der Waals surface area (Å²) in [6, 6.07) is 23.6. The summed E-state index contributed by atoms with van der Waals surface area (Å²) < 4.78 is 7.66. The van der Waals surface area contributed by atoms with Gasteiger partial charge >= 0.3 is 5.97 Å². The molecule has 1 atom stereocenters. The fourth-order valence-electron chi connectivity index (χ4n) is 3.93. The summed E-state index contributed by atoms with van der Waals surface area (Å²) in [7, 11) is 0. The number of non-ortho nitro benzene ring substituents is 1. The topological polar surface area (TPSA) is 103 Å². The van der Waals surface area contributed by atoms with Crippen LogP contribution >= 0.6 is 11.6 Å². The van der Waals surface area contributed by atoms with Gasteiger partial charge in [-0.15, -0.1) is 0 Å². The monoisotopic (exact) mass is 503 g/mol. The molecule has 0 aliphatic rings. The number of benzene rings is 3. The maximum Gasteiger partial charge on any atom is 0.341 e. The molecular formula is C27H22ClN3O5. The van der Waals surface area contributed by atoms with Crippen molar-refractivity contribution in [3.05, 3.63) is 123 Å².